The first-order valence-corrected chi connectivity index (χ1v) is 7.22. The molecular weight excluding hydrogens is 260 g/mol. The summed E-state index contributed by atoms with van der Waals surface area (Å²) in [7, 11) is 0. The lowest BCUT2D eigenvalue weighted by atomic mass is 10.1. The number of carbonyl (C=O) groups excluding carboxylic acids is 1. The smallest absolute Gasteiger partial charge is 0.319 e. The molecule has 0 spiro atoms. The molecule has 0 aliphatic heterocycles. The average molecular weight is 283 g/mol. The van der Waals surface area contributed by atoms with Gasteiger partial charge in [-0.1, -0.05) is 31.5 Å². The Hall–Kier alpha value is -1.22. The first-order valence-electron chi connectivity index (χ1n) is 6.84. The molecule has 1 aromatic rings. The van der Waals surface area contributed by atoms with Gasteiger partial charge in [-0.25, -0.2) is 4.79 Å². The van der Waals surface area contributed by atoms with E-state index in [2.05, 4.69) is 33.0 Å². The van der Waals surface area contributed by atoms with Gasteiger partial charge in [0.1, 0.15) is 0 Å². The number of carbonyl (C=O) groups is 1. The molecule has 4 heteroatoms. The lowest BCUT2D eigenvalue weighted by Crippen LogP contribution is -2.46. The van der Waals surface area contributed by atoms with Crippen LogP contribution in [0.25, 0.3) is 0 Å². The molecule has 0 unspecified atom stereocenters. The predicted octanol–water partition coefficient (Wildman–Crippen LogP) is 4.77. The Bertz CT molecular complexity index is 412. The van der Waals surface area contributed by atoms with Crippen molar-refractivity contribution in [3.05, 3.63) is 29.3 Å². The molecule has 0 saturated carbocycles. The van der Waals surface area contributed by atoms with E-state index < -0.39 is 0 Å². The first-order chi connectivity index (χ1) is 8.99. The van der Waals surface area contributed by atoms with Crippen LogP contribution in [0.1, 0.15) is 40.5 Å². The number of rotatable bonds is 5. The summed E-state index contributed by atoms with van der Waals surface area (Å²) in [5.41, 5.74) is 0.731. The van der Waals surface area contributed by atoms with E-state index >= 15 is 0 Å². The molecule has 0 aromatic heterocycles. The summed E-state index contributed by atoms with van der Waals surface area (Å²) < 4.78 is 0. The maximum Gasteiger partial charge on any atom is 0.322 e. The molecule has 0 radical (unpaired) electrons. The van der Waals surface area contributed by atoms with E-state index in [-0.39, 0.29) is 18.1 Å². The van der Waals surface area contributed by atoms with Gasteiger partial charge >= 0.3 is 6.03 Å². The quantitative estimate of drug-likeness (QED) is 0.829. The van der Waals surface area contributed by atoms with Gasteiger partial charge in [0.2, 0.25) is 0 Å². The van der Waals surface area contributed by atoms with Gasteiger partial charge < -0.3 is 10.2 Å². The average Bonchev–Trinajstić information content (AvgIpc) is 2.38. The number of hydrogen-bond acceptors (Lipinski definition) is 1. The van der Waals surface area contributed by atoms with Crippen molar-refractivity contribution in [3.8, 4) is 0 Å². The van der Waals surface area contributed by atoms with Gasteiger partial charge in [-0.15, -0.1) is 0 Å². The molecule has 2 amide bonds. The maximum absolute atomic E-state index is 12.4. The first kappa shape index (κ1) is 15.8. The molecule has 2 atom stereocenters. The Morgan fingerprint density at radius 3 is 2.32 bits per heavy atom. The van der Waals surface area contributed by atoms with E-state index in [1.807, 2.05) is 17.0 Å². The summed E-state index contributed by atoms with van der Waals surface area (Å²) in [5, 5.41) is 3.54. The summed E-state index contributed by atoms with van der Waals surface area (Å²) in [5.74, 6) is 0. The van der Waals surface area contributed by atoms with Crippen molar-refractivity contribution in [1.82, 2.24) is 4.90 Å². The van der Waals surface area contributed by atoms with Crippen LogP contribution in [-0.2, 0) is 0 Å². The second-order valence-corrected chi connectivity index (χ2v) is 5.30. The minimum atomic E-state index is -0.0639. The van der Waals surface area contributed by atoms with Crippen molar-refractivity contribution >= 4 is 23.3 Å². The van der Waals surface area contributed by atoms with Gasteiger partial charge in [0.05, 0.1) is 0 Å². The summed E-state index contributed by atoms with van der Waals surface area (Å²) in [6, 6.07) is 7.59. The molecule has 19 heavy (non-hydrogen) atoms. The number of nitrogens with one attached hydrogen (secondary N) is 1. The van der Waals surface area contributed by atoms with Crippen LogP contribution in [0.2, 0.25) is 5.02 Å². The highest BCUT2D eigenvalue weighted by Crippen LogP contribution is 2.18. The Kier molecular flexibility index (Phi) is 6.16. The zero-order valence-corrected chi connectivity index (χ0v) is 12.9. The van der Waals surface area contributed by atoms with Crippen LogP contribution in [0.4, 0.5) is 10.5 Å². The number of hydrogen-bond donors (Lipinski definition) is 1. The van der Waals surface area contributed by atoms with Gasteiger partial charge in [0.15, 0.2) is 0 Å². The molecule has 0 fully saturated rings. The topological polar surface area (TPSA) is 32.3 Å². The van der Waals surface area contributed by atoms with Gasteiger partial charge in [-0.05, 0) is 44.9 Å². The van der Waals surface area contributed by atoms with Crippen molar-refractivity contribution in [3.63, 3.8) is 0 Å². The van der Waals surface area contributed by atoms with Gasteiger partial charge in [0.25, 0.3) is 0 Å². The number of benzene rings is 1. The van der Waals surface area contributed by atoms with Crippen molar-refractivity contribution in [2.75, 3.05) is 5.32 Å². The van der Waals surface area contributed by atoms with Crippen LogP contribution in [0, 0.1) is 0 Å². The van der Waals surface area contributed by atoms with Crippen molar-refractivity contribution < 1.29 is 4.79 Å². The highest BCUT2D eigenvalue weighted by atomic mass is 35.5. The third kappa shape index (κ3) is 4.43. The van der Waals surface area contributed by atoms with Crippen molar-refractivity contribution in [2.45, 2.75) is 52.6 Å². The van der Waals surface area contributed by atoms with Gasteiger partial charge in [-0.2, -0.15) is 0 Å². The summed E-state index contributed by atoms with van der Waals surface area (Å²) in [6.07, 6.45) is 1.88. The molecule has 0 aliphatic rings. The van der Waals surface area contributed by atoms with Crippen LogP contribution in [0.3, 0.4) is 0 Å². The van der Waals surface area contributed by atoms with Gasteiger partial charge in [-0.3, -0.25) is 0 Å². The fraction of sp³-hybridized carbons (Fsp3) is 0.533. The van der Waals surface area contributed by atoms with E-state index in [9.17, 15) is 4.79 Å². The molecule has 1 rings (SSSR count). The predicted molar refractivity (Wildman–Crippen MR) is 81.8 cm³/mol. The zero-order chi connectivity index (χ0) is 14.4. The largest absolute Gasteiger partial charge is 0.322 e. The standard InChI is InChI=1S/C15H23ClN2O/c1-5-11(3)18(12(4)6-2)15(19)17-14-9-7-8-13(16)10-14/h7-12H,5-6H2,1-4H3,(H,17,19)/t11-,12-/m1/s1. The van der Waals surface area contributed by atoms with E-state index in [1.54, 1.807) is 12.1 Å². The number of anilines is 1. The Morgan fingerprint density at radius 1 is 1.26 bits per heavy atom. The molecular formula is C15H23ClN2O. The van der Waals surface area contributed by atoms with E-state index in [4.69, 9.17) is 11.6 Å². The number of urea groups is 1. The van der Waals surface area contributed by atoms with Crippen LogP contribution >= 0.6 is 11.6 Å². The van der Waals surface area contributed by atoms with Crippen molar-refractivity contribution in [2.24, 2.45) is 0 Å². The molecule has 1 N–H and O–H groups in total. The Morgan fingerprint density at radius 2 is 1.84 bits per heavy atom. The number of halogens is 1. The second-order valence-electron chi connectivity index (χ2n) is 4.86. The number of nitrogens with zero attached hydrogens (tertiary/aromatic N) is 1. The normalized spacial score (nSPS) is 13.7. The van der Waals surface area contributed by atoms with E-state index in [0.29, 0.717) is 5.02 Å². The summed E-state index contributed by atoms with van der Waals surface area (Å²) in [6.45, 7) is 8.33. The van der Waals surface area contributed by atoms with Crippen LogP contribution in [0.5, 0.6) is 0 Å². The van der Waals surface area contributed by atoms with Crippen LogP contribution < -0.4 is 5.32 Å². The van der Waals surface area contributed by atoms with Crippen LogP contribution in [0.15, 0.2) is 24.3 Å². The van der Waals surface area contributed by atoms with Crippen molar-refractivity contribution in [1.29, 1.82) is 0 Å². The summed E-state index contributed by atoms with van der Waals surface area (Å²) >= 11 is 5.92. The molecule has 3 nitrogen and oxygen atoms in total. The third-order valence-electron chi connectivity index (χ3n) is 3.44. The second kappa shape index (κ2) is 7.39. The Labute approximate surface area is 120 Å². The SMILES string of the molecule is CC[C@@H](C)N(C(=O)Nc1cccc(Cl)c1)[C@H](C)CC. The third-order valence-corrected chi connectivity index (χ3v) is 3.68. The Balaban J connectivity index is 2.82. The van der Waals surface area contributed by atoms with E-state index in [0.717, 1.165) is 18.5 Å². The summed E-state index contributed by atoms with van der Waals surface area (Å²) in [4.78, 5) is 14.3. The highest BCUT2D eigenvalue weighted by Gasteiger charge is 2.23. The molecule has 1 aromatic carbocycles. The number of amides is 2. The molecule has 0 heterocycles. The minimum Gasteiger partial charge on any atom is -0.319 e. The highest BCUT2D eigenvalue weighted by molar-refractivity contribution is 6.30. The monoisotopic (exact) mass is 282 g/mol. The molecule has 0 bridgehead atoms. The van der Waals surface area contributed by atoms with E-state index in [1.165, 1.54) is 0 Å². The minimum absolute atomic E-state index is 0.0639. The molecule has 0 saturated heterocycles. The fourth-order valence-electron chi connectivity index (χ4n) is 1.98. The zero-order valence-electron chi connectivity index (χ0n) is 12.1. The fourth-order valence-corrected chi connectivity index (χ4v) is 2.17. The van der Waals surface area contributed by atoms with Gasteiger partial charge in [0, 0.05) is 22.8 Å². The maximum atomic E-state index is 12.4. The lowest BCUT2D eigenvalue weighted by molar-refractivity contribution is 0.163. The molecule has 0 aliphatic carbocycles. The van der Waals surface area contributed by atoms with Crippen LogP contribution in [-0.4, -0.2) is 23.0 Å². The molecule has 106 valence electrons. The lowest BCUT2D eigenvalue weighted by Gasteiger charge is -2.34.